The fourth-order valence-electron chi connectivity index (χ4n) is 2.82. The second-order valence-electron chi connectivity index (χ2n) is 6.15. The van der Waals surface area contributed by atoms with Crippen LogP contribution in [0.4, 0.5) is 0 Å². The molecule has 0 aliphatic heterocycles. The van der Waals surface area contributed by atoms with Gasteiger partial charge in [0, 0.05) is 0 Å². The SMILES string of the molecule is CS(=O)(=O)[N]([Ru][c]1ccccc1)C(c1ccccc1)C(N)c1ccccc1. The van der Waals surface area contributed by atoms with Gasteiger partial charge < -0.3 is 0 Å². The van der Waals surface area contributed by atoms with E-state index in [0.717, 1.165) is 15.3 Å². The van der Waals surface area contributed by atoms with Crippen LogP contribution < -0.4 is 9.89 Å². The predicted octanol–water partition coefficient (Wildman–Crippen LogP) is 3.01. The van der Waals surface area contributed by atoms with Crippen LogP contribution in [-0.4, -0.2) is 17.7 Å². The van der Waals surface area contributed by atoms with Crippen molar-refractivity contribution >= 4 is 14.2 Å². The summed E-state index contributed by atoms with van der Waals surface area (Å²) in [5.74, 6) is 0. The molecule has 3 rings (SSSR count). The molecule has 0 aromatic heterocycles. The Balaban J connectivity index is 2.08. The summed E-state index contributed by atoms with van der Waals surface area (Å²) in [5.41, 5.74) is 8.43. The van der Waals surface area contributed by atoms with E-state index in [4.69, 9.17) is 5.73 Å². The molecule has 0 fully saturated rings. The minimum absolute atomic E-state index is 0.470. The average molecular weight is 468 g/mol. The Morgan fingerprint density at radius 2 is 1.22 bits per heavy atom. The summed E-state index contributed by atoms with van der Waals surface area (Å²) in [6.07, 6.45) is 1.26. The van der Waals surface area contributed by atoms with Crippen molar-refractivity contribution in [2.75, 3.05) is 6.26 Å². The molecule has 0 spiro atoms. The van der Waals surface area contributed by atoms with Gasteiger partial charge >= 0.3 is 169 Å². The van der Waals surface area contributed by atoms with E-state index >= 15 is 0 Å². The number of benzene rings is 3. The molecule has 2 unspecified atom stereocenters. The molecule has 6 heteroatoms. The molecular formula is C21H22N2O2RuS. The van der Waals surface area contributed by atoms with Crippen LogP contribution in [0.25, 0.3) is 0 Å². The molecule has 0 radical (unpaired) electrons. The van der Waals surface area contributed by atoms with Crippen molar-refractivity contribution < 1.29 is 25.8 Å². The van der Waals surface area contributed by atoms with Gasteiger partial charge in [0.2, 0.25) is 0 Å². The number of hydrogen-bond donors (Lipinski definition) is 1. The second kappa shape index (κ2) is 8.89. The summed E-state index contributed by atoms with van der Waals surface area (Å²) in [6.45, 7) is 0. The van der Waals surface area contributed by atoms with E-state index in [-0.39, 0.29) is 0 Å². The van der Waals surface area contributed by atoms with E-state index in [1.807, 2.05) is 91.0 Å². The second-order valence-corrected chi connectivity index (χ2v) is 10.7. The van der Waals surface area contributed by atoms with Gasteiger partial charge in [-0.1, -0.05) is 0 Å². The third kappa shape index (κ3) is 5.11. The van der Waals surface area contributed by atoms with Crippen LogP contribution in [0.3, 0.4) is 0 Å². The Morgan fingerprint density at radius 1 is 0.778 bits per heavy atom. The molecule has 2 N–H and O–H groups in total. The Labute approximate surface area is 168 Å². The third-order valence-corrected chi connectivity index (χ3v) is 8.93. The first-order valence-electron chi connectivity index (χ1n) is 8.49. The predicted molar refractivity (Wildman–Crippen MR) is 105 cm³/mol. The van der Waals surface area contributed by atoms with E-state index in [9.17, 15) is 8.42 Å². The minimum atomic E-state index is -3.47. The summed E-state index contributed by atoms with van der Waals surface area (Å²) < 4.78 is 28.2. The van der Waals surface area contributed by atoms with Crippen molar-refractivity contribution in [1.82, 2.24) is 3.05 Å². The van der Waals surface area contributed by atoms with Crippen LogP contribution in [0.1, 0.15) is 23.2 Å². The fourth-order valence-corrected chi connectivity index (χ4v) is 6.72. The molecule has 4 nitrogen and oxygen atoms in total. The quantitative estimate of drug-likeness (QED) is 0.544. The summed E-state index contributed by atoms with van der Waals surface area (Å²) >= 11 is -0.734. The van der Waals surface area contributed by atoms with Gasteiger partial charge in [0.15, 0.2) is 0 Å². The van der Waals surface area contributed by atoms with E-state index < -0.39 is 39.5 Å². The van der Waals surface area contributed by atoms with Gasteiger partial charge in [-0.05, 0) is 0 Å². The van der Waals surface area contributed by atoms with Crippen LogP contribution in [0.5, 0.6) is 0 Å². The van der Waals surface area contributed by atoms with Gasteiger partial charge in [0.25, 0.3) is 0 Å². The monoisotopic (exact) mass is 468 g/mol. The Bertz CT molecular complexity index is 951. The van der Waals surface area contributed by atoms with Gasteiger partial charge in [-0.25, -0.2) is 0 Å². The van der Waals surface area contributed by atoms with Crippen molar-refractivity contribution in [1.29, 1.82) is 0 Å². The first kappa shape index (κ1) is 19.9. The first-order chi connectivity index (χ1) is 13.0. The molecule has 0 saturated heterocycles. The normalized spacial score (nSPS) is 14.2. The molecule has 0 heterocycles. The maximum atomic E-state index is 12.8. The molecule has 0 amide bonds. The zero-order chi connectivity index (χ0) is 19.3. The van der Waals surface area contributed by atoms with Gasteiger partial charge in [0.05, 0.1) is 0 Å². The maximum absolute atomic E-state index is 12.8. The van der Waals surface area contributed by atoms with E-state index in [2.05, 4.69) is 0 Å². The summed E-state index contributed by atoms with van der Waals surface area (Å²) in [6, 6.07) is 28.1. The molecule has 0 aliphatic carbocycles. The van der Waals surface area contributed by atoms with Crippen LogP contribution in [-0.2, 0) is 27.4 Å². The Hall–Kier alpha value is -1.85. The molecule has 0 aliphatic rings. The molecule has 0 bridgehead atoms. The molecule has 3 aromatic carbocycles. The molecule has 3 aromatic rings. The zero-order valence-electron chi connectivity index (χ0n) is 14.9. The Kier molecular flexibility index (Phi) is 6.56. The van der Waals surface area contributed by atoms with Gasteiger partial charge in [0.1, 0.15) is 0 Å². The van der Waals surface area contributed by atoms with Crippen LogP contribution in [0.2, 0.25) is 0 Å². The zero-order valence-corrected chi connectivity index (χ0v) is 17.5. The average Bonchev–Trinajstić information content (AvgIpc) is 2.69. The van der Waals surface area contributed by atoms with Crippen LogP contribution in [0, 0.1) is 0 Å². The number of rotatable bonds is 7. The molecule has 2 atom stereocenters. The Morgan fingerprint density at radius 3 is 1.70 bits per heavy atom. The van der Waals surface area contributed by atoms with Crippen molar-refractivity contribution in [3.63, 3.8) is 0 Å². The summed E-state index contributed by atoms with van der Waals surface area (Å²) in [4.78, 5) is 0. The number of hydrogen-bond acceptors (Lipinski definition) is 3. The fraction of sp³-hybridized carbons (Fsp3) is 0.143. The number of sulfonamides is 1. The van der Waals surface area contributed by atoms with Crippen molar-refractivity contribution in [2.24, 2.45) is 5.73 Å². The first-order valence-corrected chi connectivity index (χ1v) is 12.0. The van der Waals surface area contributed by atoms with Crippen LogP contribution >= 0.6 is 0 Å². The van der Waals surface area contributed by atoms with Crippen molar-refractivity contribution in [2.45, 2.75) is 12.1 Å². The number of nitrogens with zero attached hydrogens (tertiary/aromatic N) is 1. The van der Waals surface area contributed by atoms with Gasteiger partial charge in [-0.2, -0.15) is 0 Å². The van der Waals surface area contributed by atoms with Gasteiger partial charge in [-0.3, -0.25) is 0 Å². The van der Waals surface area contributed by atoms with Gasteiger partial charge in [-0.15, -0.1) is 0 Å². The van der Waals surface area contributed by atoms with Crippen LogP contribution in [0.15, 0.2) is 91.0 Å². The summed E-state index contributed by atoms with van der Waals surface area (Å²) in [5, 5.41) is 0. The topological polar surface area (TPSA) is 63.4 Å². The van der Waals surface area contributed by atoms with E-state index in [1.165, 1.54) is 6.26 Å². The molecule has 27 heavy (non-hydrogen) atoms. The number of nitrogens with two attached hydrogens (primary N) is 1. The third-order valence-electron chi connectivity index (χ3n) is 4.08. The standard InChI is InChI=1S/C15H17N2O2S.C6H5.Ru/c1-20(18,19)17-15(13-10-6-3-7-11-13)14(16)12-8-4-2-5-9-12;1-2-4-6-5-3-1;/h2-11,14-15H,16H2,1H3;1-5H;/q-1;;+1. The van der Waals surface area contributed by atoms with E-state index in [0.29, 0.717) is 0 Å². The molecular weight excluding hydrogens is 445 g/mol. The molecule has 142 valence electrons. The summed E-state index contributed by atoms with van der Waals surface area (Å²) in [7, 11) is -3.47. The molecule has 0 saturated carbocycles. The van der Waals surface area contributed by atoms with E-state index in [1.54, 1.807) is 3.05 Å². The van der Waals surface area contributed by atoms with Crippen molar-refractivity contribution in [3.8, 4) is 0 Å². The van der Waals surface area contributed by atoms with Crippen molar-refractivity contribution in [3.05, 3.63) is 102 Å².